The molecule has 0 aliphatic heterocycles. The summed E-state index contributed by atoms with van der Waals surface area (Å²) in [6.07, 6.45) is 1.25. The minimum absolute atomic E-state index is 1.25. The molecule has 5 heavy (non-hydrogen) atoms. The van der Waals surface area contributed by atoms with Crippen LogP contribution in [0, 0.1) is 0 Å². The Morgan fingerprint density at radius 1 is 1.20 bits per heavy atom. The Labute approximate surface area is 48.1 Å². The van der Waals surface area contributed by atoms with E-state index in [-0.39, 0.29) is 0 Å². The van der Waals surface area contributed by atoms with Crippen molar-refractivity contribution in [3.05, 3.63) is 0 Å². The summed E-state index contributed by atoms with van der Waals surface area (Å²) in [5.74, 6) is 0. The van der Waals surface area contributed by atoms with Gasteiger partial charge in [0.15, 0.2) is 0 Å². The van der Waals surface area contributed by atoms with Crippen LogP contribution in [0.2, 0.25) is 0 Å². The maximum Gasteiger partial charge on any atom is -0.0121 e. The minimum Gasteiger partial charge on any atom is -0.0901 e. The van der Waals surface area contributed by atoms with E-state index in [2.05, 4.69) is 36.4 Å². The summed E-state index contributed by atoms with van der Waals surface area (Å²) < 4.78 is 0. The molecule has 0 amide bonds. The number of rotatable bonds is 0. The fourth-order valence-electron chi connectivity index (χ4n) is 0. The van der Waals surface area contributed by atoms with Gasteiger partial charge in [-0.3, -0.25) is 0 Å². The zero-order valence-corrected chi connectivity index (χ0v) is 6.24. The molecule has 0 aliphatic carbocycles. The van der Waals surface area contributed by atoms with Crippen molar-refractivity contribution in [3.63, 3.8) is 0 Å². The third kappa shape index (κ3) is 66.2. The number of alkyl halides is 1. The average Bonchev–Trinajstić information content (AvgIpc) is 1.46. The third-order valence-corrected chi connectivity index (χ3v) is 0. The van der Waals surface area contributed by atoms with Crippen LogP contribution in [0.1, 0.15) is 20.3 Å². The predicted molar refractivity (Wildman–Crippen MR) is 35.9 cm³/mol. The van der Waals surface area contributed by atoms with E-state index < -0.39 is 0 Å². The first kappa shape index (κ1) is 9.21. The van der Waals surface area contributed by atoms with Crippen LogP contribution >= 0.6 is 22.6 Å². The van der Waals surface area contributed by atoms with Gasteiger partial charge in [-0.1, -0.05) is 42.9 Å². The van der Waals surface area contributed by atoms with Crippen LogP contribution < -0.4 is 0 Å². The molecule has 0 bridgehead atoms. The highest BCUT2D eigenvalue weighted by atomic mass is 127. The quantitative estimate of drug-likeness (QED) is 0.402. The molecule has 0 atom stereocenters. The first-order valence-electron chi connectivity index (χ1n) is 1.79. The SMILES string of the molecule is CCC.CI. The second-order valence-electron chi connectivity index (χ2n) is 0.707. The topological polar surface area (TPSA) is 0 Å². The number of hydrogen-bond acceptors (Lipinski definition) is 0. The number of halogens is 1. The molecule has 0 aromatic rings. The van der Waals surface area contributed by atoms with E-state index in [4.69, 9.17) is 0 Å². The van der Waals surface area contributed by atoms with Gasteiger partial charge in [0.25, 0.3) is 0 Å². The van der Waals surface area contributed by atoms with Crippen LogP contribution in [0.25, 0.3) is 0 Å². The van der Waals surface area contributed by atoms with Gasteiger partial charge in [-0.15, -0.1) is 0 Å². The molecule has 0 spiro atoms. The van der Waals surface area contributed by atoms with Gasteiger partial charge in [-0.25, -0.2) is 0 Å². The molecule has 0 unspecified atom stereocenters. The first-order chi connectivity index (χ1) is 2.41. The maximum atomic E-state index is 2.15. The lowest BCUT2D eigenvalue weighted by atomic mass is 10.6. The Morgan fingerprint density at radius 2 is 1.20 bits per heavy atom. The van der Waals surface area contributed by atoms with E-state index in [0.717, 1.165) is 0 Å². The van der Waals surface area contributed by atoms with Crippen molar-refractivity contribution in [2.45, 2.75) is 20.3 Å². The summed E-state index contributed by atoms with van der Waals surface area (Å²) in [5, 5.41) is 0. The summed E-state index contributed by atoms with van der Waals surface area (Å²) in [5.41, 5.74) is 0. The maximum absolute atomic E-state index is 2.15. The van der Waals surface area contributed by atoms with Gasteiger partial charge in [-0.05, 0) is 4.93 Å². The van der Waals surface area contributed by atoms with Crippen LogP contribution in [0.3, 0.4) is 0 Å². The van der Waals surface area contributed by atoms with Crippen molar-refractivity contribution < 1.29 is 0 Å². The van der Waals surface area contributed by atoms with E-state index in [0.29, 0.717) is 0 Å². The zero-order valence-electron chi connectivity index (χ0n) is 4.09. The molecule has 34 valence electrons. The van der Waals surface area contributed by atoms with Crippen LogP contribution in [0.4, 0.5) is 0 Å². The summed E-state index contributed by atoms with van der Waals surface area (Å²) in [4.78, 5) is 1.97. The molecule has 0 N–H and O–H groups in total. The summed E-state index contributed by atoms with van der Waals surface area (Å²) in [7, 11) is 0. The monoisotopic (exact) mass is 186 g/mol. The van der Waals surface area contributed by atoms with Gasteiger partial charge in [0.1, 0.15) is 0 Å². The lowest BCUT2D eigenvalue weighted by Crippen LogP contribution is -1.27. The first-order valence-corrected chi connectivity index (χ1v) is 3.95. The van der Waals surface area contributed by atoms with E-state index in [1.807, 2.05) is 4.93 Å². The average molecular weight is 186 g/mol. The van der Waals surface area contributed by atoms with Crippen LogP contribution in [-0.2, 0) is 0 Å². The molecule has 0 saturated carbocycles. The van der Waals surface area contributed by atoms with E-state index >= 15 is 0 Å². The number of hydrogen-bond donors (Lipinski definition) is 0. The Bertz CT molecular complexity index is 3.61. The molecule has 0 rings (SSSR count). The molecule has 0 aromatic heterocycles. The Hall–Kier alpha value is 0.730. The lowest BCUT2D eigenvalue weighted by molar-refractivity contribution is 1.09. The Balaban J connectivity index is 0. The van der Waals surface area contributed by atoms with E-state index in [1.165, 1.54) is 6.42 Å². The third-order valence-electron chi connectivity index (χ3n) is 0. The van der Waals surface area contributed by atoms with Crippen molar-refractivity contribution in [2.75, 3.05) is 4.93 Å². The van der Waals surface area contributed by atoms with Gasteiger partial charge in [0.05, 0.1) is 0 Å². The fourth-order valence-corrected chi connectivity index (χ4v) is 0. The van der Waals surface area contributed by atoms with Crippen molar-refractivity contribution in [2.24, 2.45) is 0 Å². The van der Waals surface area contributed by atoms with Gasteiger partial charge < -0.3 is 0 Å². The molecule has 0 fully saturated rings. The standard InChI is InChI=1S/C3H8.CH3I/c1-3-2;1-2/h3H2,1-2H3;1H3. The van der Waals surface area contributed by atoms with Crippen LogP contribution in [-0.4, -0.2) is 4.93 Å². The molecule has 1 heteroatoms. The summed E-state index contributed by atoms with van der Waals surface area (Å²) in [6, 6.07) is 0. The molecular formula is C4H11I. The molecule has 0 heterocycles. The Morgan fingerprint density at radius 3 is 1.20 bits per heavy atom. The van der Waals surface area contributed by atoms with Gasteiger partial charge in [-0.2, -0.15) is 0 Å². The Kier molecular flexibility index (Phi) is 40.5. The van der Waals surface area contributed by atoms with Crippen LogP contribution in [0.5, 0.6) is 0 Å². The predicted octanol–water partition coefficient (Wildman–Crippen LogP) is 2.47. The highest BCUT2D eigenvalue weighted by Gasteiger charge is 1.35. The van der Waals surface area contributed by atoms with Crippen molar-refractivity contribution >= 4 is 22.6 Å². The molecule has 0 nitrogen and oxygen atoms in total. The normalized spacial score (nSPS) is 4.80. The van der Waals surface area contributed by atoms with Gasteiger partial charge in [0.2, 0.25) is 0 Å². The largest absolute Gasteiger partial charge is 0.0901 e. The van der Waals surface area contributed by atoms with Gasteiger partial charge in [0, 0.05) is 0 Å². The summed E-state index contributed by atoms with van der Waals surface area (Å²) >= 11 is 2.15. The summed E-state index contributed by atoms with van der Waals surface area (Å²) in [6.45, 7) is 4.25. The molecular weight excluding hydrogens is 175 g/mol. The molecule has 0 aliphatic rings. The lowest BCUT2D eigenvalue weighted by Gasteiger charge is -1.48. The highest BCUT2D eigenvalue weighted by Crippen LogP contribution is 1.56. The van der Waals surface area contributed by atoms with Crippen LogP contribution in [0.15, 0.2) is 0 Å². The molecule has 0 radical (unpaired) electrons. The van der Waals surface area contributed by atoms with Crippen molar-refractivity contribution in [3.8, 4) is 0 Å². The zero-order chi connectivity index (χ0) is 4.71. The fraction of sp³-hybridized carbons (Fsp3) is 1.00. The second-order valence-corrected chi connectivity index (χ2v) is 0.707. The van der Waals surface area contributed by atoms with Gasteiger partial charge >= 0.3 is 0 Å². The molecule has 0 saturated heterocycles. The highest BCUT2D eigenvalue weighted by molar-refractivity contribution is 14.1. The van der Waals surface area contributed by atoms with Crippen molar-refractivity contribution in [1.29, 1.82) is 0 Å². The van der Waals surface area contributed by atoms with E-state index in [1.54, 1.807) is 0 Å². The molecule has 0 aromatic carbocycles. The minimum atomic E-state index is 1.25. The van der Waals surface area contributed by atoms with Crippen molar-refractivity contribution in [1.82, 2.24) is 0 Å². The second kappa shape index (κ2) is 22.0. The smallest absolute Gasteiger partial charge is 0.0121 e. The van der Waals surface area contributed by atoms with E-state index in [9.17, 15) is 0 Å².